The zero-order chi connectivity index (χ0) is 12.3. The highest BCUT2D eigenvalue weighted by molar-refractivity contribution is 5.78. The summed E-state index contributed by atoms with van der Waals surface area (Å²) in [6.07, 6.45) is 4.81. The third-order valence-corrected chi connectivity index (χ3v) is 3.40. The molecule has 1 saturated heterocycles. The molecular formula is C13H19N3O. The van der Waals surface area contributed by atoms with Crippen molar-refractivity contribution in [2.45, 2.75) is 25.8 Å². The molecule has 1 aromatic heterocycles. The summed E-state index contributed by atoms with van der Waals surface area (Å²) in [6.45, 7) is 3.67. The molecule has 1 aromatic rings. The Labute approximate surface area is 102 Å². The molecular weight excluding hydrogens is 214 g/mol. The maximum Gasteiger partial charge on any atom is 0.227 e. The predicted molar refractivity (Wildman–Crippen MR) is 66.3 cm³/mol. The van der Waals surface area contributed by atoms with Crippen molar-refractivity contribution in [2.75, 3.05) is 13.1 Å². The van der Waals surface area contributed by atoms with Crippen molar-refractivity contribution >= 4 is 5.91 Å². The minimum absolute atomic E-state index is 0.178. The number of rotatable bonds is 2. The topological polar surface area (TPSA) is 59.2 Å². The Morgan fingerprint density at radius 1 is 1.65 bits per heavy atom. The number of nitrogens with two attached hydrogens (primary N) is 1. The number of piperidine rings is 1. The van der Waals surface area contributed by atoms with E-state index in [4.69, 9.17) is 5.73 Å². The van der Waals surface area contributed by atoms with Gasteiger partial charge >= 0.3 is 0 Å². The molecule has 1 amide bonds. The van der Waals surface area contributed by atoms with Crippen LogP contribution in [0.15, 0.2) is 24.5 Å². The number of likely N-dealkylation sites (tertiary alicyclic amines) is 1. The Morgan fingerprint density at radius 3 is 3.12 bits per heavy atom. The van der Waals surface area contributed by atoms with Gasteiger partial charge in [-0.05, 0) is 24.0 Å². The first kappa shape index (κ1) is 12.0. The average Bonchev–Trinajstić information content (AvgIpc) is 2.34. The van der Waals surface area contributed by atoms with Crippen LogP contribution in [0.5, 0.6) is 0 Å². The lowest BCUT2D eigenvalue weighted by Crippen LogP contribution is -2.48. The van der Waals surface area contributed by atoms with Crippen molar-refractivity contribution in [1.82, 2.24) is 9.88 Å². The summed E-state index contributed by atoms with van der Waals surface area (Å²) in [6, 6.07) is 4.03. The molecule has 2 heterocycles. The lowest BCUT2D eigenvalue weighted by atomic mass is 9.94. The Balaban J connectivity index is 1.93. The summed E-state index contributed by atoms with van der Waals surface area (Å²) in [5.41, 5.74) is 6.92. The van der Waals surface area contributed by atoms with Crippen LogP contribution < -0.4 is 5.73 Å². The maximum absolute atomic E-state index is 12.1. The molecule has 92 valence electrons. The van der Waals surface area contributed by atoms with E-state index in [1.165, 1.54) is 0 Å². The average molecular weight is 233 g/mol. The minimum Gasteiger partial charge on any atom is -0.342 e. The quantitative estimate of drug-likeness (QED) is 0.822. The molecule has 1 fully saturated rings. The van der Waals surface area contributed by atoms with E-state index >= 15 is 0 Å². The molecule has 2 rings (SSSR count). The fourth-order valence-corrected chi connectivity index (χ4v) is 2.18. The number of carbonyl (C=O) groups is 1. The number of pyridine rings is 1. The number of hydrogen-bond donors (Lipinski definition) is 1. The van der Waals surface area contributed by atoms with Crippen LogP contribution in [0.2, 0.25) is 0 Å². The van der Waals surface area contributed by atoms with Gasteiger partial charge in [0.15, 0.2) is 0 Å². The minimum atomic E-state index is 0.178. The van der Waals surface area contributed by atoms with Gasteiger partial charge in [0.25, 0.3) is 0 Å². The van der Waals surface area contributed by atoms with Gasteiger partial charge in [0.1, 0.15) is 0 Å². The number of carbonyl (C=O) groups excluding carboxylic acids is 1. The van der Waals surface area contributed by atoms with E-state index in [0.29, 0.717) is 12.3 Å². The summed E-state index contributed by atoms with van der Waals surface area (Å²) in [5, 5.41) is 0. The van der Waals surface area contributed by atoms with Crippen LogP contribution in [0.1, 0.15) is 18.9 Å². The third-order valence-electron chi connectivity index (χ3n) is 3.40. The highest BCUT2D eigenvalue weighted by Crippen LogP contribution is 2.15. The molecule has 4 nitrogen and oxygen atoms in total. The van der Waals surface area contributed by atoms with E-state index in [0.717, 1.165) is 25.1 Å². The third kappa shape index (κ3) is 3.03. The molecule has 0 bridgehead atoms. The van der Waals surface area contributed by atoms with Crippen LogP contribution in [-0.4, -0.2) is 34.9 Å². The second-order valence-electron chi connectivity index (χ2n) is 4.81. The summed E-state index contributed by atoms with van der Waals surface area (Å²) >= 11 is 0. The van der Waals surface area contributed by atoms with Gasteiger partial charge in [-0.25, -0.2) is 0 Å². The molecule has 0 saturated carbocycles. The van der Waals surface area contributed by atoms with E-state index in [1.54, 1.807) is 12.4 Å². The first-order chi connectivity index (χ1) is 8.16. The molecule has 1 aliphatic heterocycles. The van der Waals surface area contributed by atoms with Crippen LogP contribution in [0.3, 0.4) is 0 Å². The van der Waals surface area contributed by atoms with Gasteiger partial charge in [-0.2, -0.15) is 0 Å². The SMILES string of the molecule is CC1CN(C(=O)Cc2cccnc2)CCC1N. The lowest BCUT2D eigenvalue weighted by molar-refractivity contribution is -0.132. The largest absolute Gasteiger partial charge is 0.342 e. The summed E-state index contributed by atoms with van der Waals surface area (Å²) in [4.78, 5) is 18.0. The monoisotopic (exact) mass is 233 g/mol. The molecule has 4 heteroatoms. The fourth-order valence-electron chi connectivity index (χ4n) is 2.18. The van der Waals surface area contributed by atoms with E-state index in [9.17, 15) is 4.79 Å². The predicted octanol–water partition coefficient (Wildman–Crippen LogP) is 0.820. The Bertz CT molecular complexity index is 380. The van der Waals surface area contributed by atoms with Crippen molar-refractivity contribution < 1.29 is 4.79 Å². The molecule has 0 spiro atoms. The first-order valence-corrected chi connectivity index (χ1v) is 6.09. The van der Waals surface area contributed by atoms with Crippen LogP contribution in [0.25, 0.3) is 0 Å². The van der Waals surface area contributed by atoms with Crippen LogP contribution in [-0.2, 0) is 11.2 Å². The molecule has 0 aliphatic carbocycles. The summed E-state index contributed by atoms with van der Waals surface area (Å²) in [5.74, 6) is 0.568. The Kier molecular flexibility index (Phi) is 3.74. The van der Waals surface area contributed by atoms with Gasteiger partial charge in [0.05, 0.1) is 6.42 Å². The molecule has 0 radical (unpaired) electrons. The highest BCUT2D eigenvalue weighted by atomic mass is 16.2. The van der Waals surface area contributed by atoms with Gasteiger partial charge < -0.3 is 10.6 Å². The molecule has 17 heavy (non-hydrogen) atoms. The Hall–Kier alpha value is -1.42. The Morgan fingerprint density at radius 2 is 2.47 bits per heavy atom. The zero-order valence-corrected chi connectivity index (χ0v) is 10.2. The van der Waals surface area contributed by atoms with Crippen LogP contribution in [0, 0.1) is 5.92 Å². The maximum atomic E-state index is 12.1. The van der Waals surface area contributed by atoms with Crippen molar-refractivity contribution in [3.63, 3.8) is 0 Å². The molecule has 0 aromatic carbocycles. The van der Waals surface area contributed by atoms with Gasteiger partial charge in [-0.3, -0.25) is 9.78 Å². The number of aromatic nitrogens is 1. The van der Waals surface area contributed by atoms with Crippen LogP contribution >= 0.6 is 0 Å². The van der Waals surface area contributed by atoms with Gasteiger partial charge in [-0.1, -0.05) is 13.0 Å². The smallest absolute Gasteiger partial charge is 0.227 e. The number of amides is 1. The van der Waals surface area contributed by atoms with Gasteiger partial charge in [-0.15, -0.1) is 0 Å². The van der Waals surface area contributed by atoms with E-state index in [-0.39, 0.29) is 11.9 Å². The second-order valence-corrected chi connectivity index (χ2v) is 4.81. The standard InChI is InChI=1S/C13H19N3O/c1-10-9-16(6-4-12(10)14)13(17)7-11-3-2-5-15-8-11/h2-3,5,8,10,12H,4,6-7,9,14H2,1H3. The second kappa shape index (κ2) is 5.27. The van der Waals surface area contributed by atoms with E-state index in [1.807, 2.05) is 17.0 Å². The summed E-state index contributed by atoms with van der Waals surface area (Å²) in [7, 11) is 0. The van der Waals surface area contributed by atoms with E-state index < -0.39 is 0 Å². The fraction of sp³-hybridized carbons (Fsp3) is 0.538. The van der Waals surface area contributed by atoms with Crippen molar-refractivity contribution in [3.05, 3.63) is 30.1 Å². The van der Waals surface area contributed by atoms with E-state index in [2.05, 4.69) is 11.9 Å². The number of nitrogens with zero attached hydrogens (tertiary/aromatic N) is 2. The molecule has 2 unspecified atom stereocenters. The van der Waals surface area contributed by atoms with Crippen molar-refractivity contribution in [3.8, 4) is 0 Å². The molecule has 2 N–H and O–H groups in total. The number of hydrogen-bond acceptors (Lipinski definition) is 3. The lowest BCUT2D eigenvalue weighted by Gasteiger charge is -2.35. The molecule has 1 aliphatic rings. The van der Waals surface area contributed by atoms with Crippen LogP contribution in [0.4, 0.5) is 0 Å². The van der Waals surface area contributed by atoms with Crippen molar-refractivity contribution in [2.24, 2.45) is 11.7 Å². The van der Waals surface area contributed by atoms with Crippen molar-refractivity contribution in [1.29, 1.82) is 0 Å². The summed E-state index contributed by atoms with van der Waals surface area (Å²) < 4.78 is 0. The van der Waals surface area contributed by atoms with Gasteiger partial charge in [0, 0.05) is 31.5 Å². The molecule has 2 atom stereocenters. The van der Waals surface area contributed by atoms with Gasteiger partial charge in [0.2, 0.25) is 5.91 Å². The normalized spacial score (nSPS) is 24.7. The zero-order valence-electron chi connectivity index (χ0n) is 10.2. The highest BCUT2D eigenvalue weighted by Gasteiger charge is 2.25. The first-order valence-electron chi connectivity index (χ1n) is 6.09.